The molecule has 1 heterocycles. The molecule has 0 fully saturated rings. The molecule has 0 bridgehead atoms. The lowest BCUT2D eigenvalue weighted by Crippen LogP contribution is -1.90. The molecule has 3 rings (SSSR count). The molecule has 0 aliphatic rings. The normalized spacial score (nSPS) is 10.8. The van der Waals surface area contributed by atoms with Gasteiger partial charge in [0, 0.05) is 9.58 Å². The molecule has 1 aromatic heterocycles. The van der Waals surface area contributed by atoms with Crippen molar-refractivity contribution in [3.05, 3.63) is 48.3 Å². The lowest BCUT2D eigenvalue weighted by atomic mass is 10.1. The molecular weight excluding hydrogens is 275 g/mol. The molecule has 0 unspecified atom stereocenters. The number of methoxy groups -OCH3 is 2. The van der Waals surface area contributed by atoms with Crippen LogP contribution in [0.15, 0.2) is 42.5 Å². The van der Waals surface area contributed by atoms with Gasteiger partial charge in [-0.1, -0.05) is 0 Å². The van der Waals surface area contributed by atoms with Gasteiger partial charge in [0.1, 0.15) is 5.82 Å². The maximum Gasteiger partial charge on any atom is 0.161 e. The number of rotatable bonds is 3. The molecule has 4 heteroatoms. The molecule has 0 spiro atoms. The summed E-state index contributed by atoms with van der Waals surface area (Å²) >= 11 is 1.63. The number of thiophene rings is 1. The highest BCUT2D eigenvalue weighted by molar-refractivity contribution is 7.22. The van der Waals surface area contributed by atoms with Gasteiger partial charge in [-0.3, -0.25) is 0 Å². The molecule has 102 valence electrons. The fourth-order valence-corrected chi connectivity index (χ4v) is 3.19. The van der Waals surface area contributed by atoms with Crippen LogP contribution in [0, 0.1) is 5.82 Å². The largest absolute Gasteiger partial charge is 0.493 e. The summed E-state index contributed by atoms with van der Waals surface area (Å²) in [5.41, 5.74) is 1.03. The van der Waals surface area contributed by atoms with E-state index in [4.69, 9.17) is 9.47 Å². The Morgan fingerprint density at radius 3 is 2.45 bits per heavy atom. The Balaban J connectivity index is 2.10. The van der Waals surface area contributed by atoms with Crippen LogP contribution < -0.4 is 9.47 Å². The van der Waals surface area contributed by atoms with Gasteiger partial charge in [0.25, 0.3) is 0 Å². The number of fused-ring (bicyclic) bond motifs is 1. The molecule has 20 heavy (non-hydrogen) atoms. The third-order valence-electron chi connectivity index (χ3n) is 3.15. The second kappa shape index (κ2) is 5.13. The van der Waals surface area contributed by atoms with Gasteiger partial charge in [0.15, 0.2) is 11.5 Å². The molecule has 3 aromatic rings. The molecule has 0 aliphatic heterocycles. The first kappa shape index (κ1) is 12.9. The quantitative estimate of drug-likeness (QED) is 0.694. The fraction of sp³-hybridized carbons (Fsp3) is 0.125. The van der Waals surface area contributed by atoms with Crippen molar-refractivity contribution in [1.29, 1.82) is 0 Å². The van der Waals surface area contributed by atoms with Crippen LogP contribution in [0.2, 0.25) is 0 Å². The van der Waals surface area contributed by atoms with Crippen molar-refractivity contribution in [1.82, 2.24) is 0 Å². The fourth-order valence-electron chi connectivity index (χ4n) is 2.15. The van der Waals surface area contributed by atoms with E-state index in [1.165, 1.54) is 6.07 Å². The van der Waals surface area contributed by atoms with E-state index in [1.54, 1.807) is 37.7 Å². The van der Waals surface area contributed by atoms with Crippen LogP contribution in [0.4, 0.5) is 4.39 Å². The van der Waals surface area contributed by atoms with Crippen molar-refractivity contribution in [2.75, 3.05) is 14.2 Å². The summed E-state index contributed by atoms with van der Waals surface area (Å²) in [7, 11) is 3.22. The summed E-state index contributed by atoms with van der Waals surface area (Å²) in [6.45, 7) is 0. The van der Waals surface area contributed by atoms with Crippen LogP contribution in [0.3, 0.4) is 0 Å². The molecule has 0 aliphatic carbocycles. The van der Waals surface area contributed by atoms with Crippen molar-refractivity contribution in [3.63, 3.8) is 0 Å². The maximum absolute atomic E-state index is 13.2. The van der Waals surface area contributed by atoms with E-state index in [2.05, 4.69) is 0 Å². The predicted octanol–water partition coefficient (Wildman–Crippen LogP) is 4.72. The van der Waals surface area contributed by atoms with Crippen LogP contribution in [0.25, 0.3) is 20.5 Å². The lowest BCUT2D eigenvalue weighted by molar-refractivity contribution is 0.355. The third kappa shape index (κ3) is 2.23. The first-order valence-corrected chi connectivity index (χ1v) is 6.94. The molecule has 2 aromatic carbocycles. The van der Waals surface area contributed by atoms with Crippen LogP contribution in [0.1, 0.15) is 0 Å². The molecule has 0 saturated heterocycles. The summed E-state index contributed by atoms with van der Waals surface area (Å²) in [5.74, 6) is 1.17. The Morgan fingerprint density at radius 2 is 1.70 bits per heavy atom. The Labute approximate surface area is 120 Å². The SMILES string of the molecule is COc1ccc(-c2cc3cc(F)ccc3s2)cc1OC. The molecule has 0 saturated carbocycles. The van der Waals surface area contributed by atoms with E-state index in [-0.39, 0.29) is 5.82 Å². The van der Waals surface area contributed by atoms with Crippen LogP contribution in [-0.2, 0) is 0 Å². The minimum atomic E-state index is -0.214. The van der Waals surface area contributed by atoms with Gasteiger partial charge in [-0.25, -0.2) is 4.39 Å². The van der Waals surface area contributed by atoms with Crippen molar-refractivity contribution < 1.29 is 13.9 Å². The Hall–Kier alpha value is -2.07. The van der Waals surface area contributed by atoms with Gasteiger partial charge in [0.2, 0.25) is 0 Å². The van der Waals surface area contributed by atoms with Gasteiger partial charge < -0.3 is 9.47 Å². The smallest absolute Gasteiger partial charge is 0.161 e. The van der Waals surface area contributed by atoms with Crippen LogP contribution in [-0.4, -0.2) is 14.2 Å². The molecule has 2 nitrogen and oxygen atoms in total. The molecule has 0 radical (unpaired) electrons. The van der Waals surface area contributed by atoms with E-state index in [0.717, 1.165) is 20.5 Å². The summed E-state index contributed by atoms with van der Waals surface area (Å²) in [4.78, 5) is 1.08. The van der Waals surface area contributed by atoms with Crippen LogP contribution >= 0.6 is 11.3 Å². The number of hydrogen-bond acceptors (Lipinski definition) is 3. The Kier molecular flexibility index (Phi) is 3.32. The van der Waals surface area contributed by atoms with E-state index in [9.17, 15) is 4.39 Å². The second-order valence-electron chi connectivity index (χ2n) is 4.36. The lowest BCUT2D eigenvalue weighted by Gasteiger charge is -2.08. The van der Waals surface area contributed by atoms with Crippen molar-refractivity contribution in [2.45, 2.75) is 0 Å². The summed E-state index contributed by atoms with van der Waals surface area (Å²) in [6.07, 6.45) is 0. The highest BCUT2D eigenvalue weighted by atomic mass is 32.1. The standard InChI is InChI=1S/C16H13FO2S/c1-18-13-5-3-10(8-14(13)19-2)16-9-11-7-12(17)4-6-15(11)20-16/h3-9H,1-2H3. The van der Waals surface area contributed by atoms with Crippen molar-refractivity contribution >= 4 is 21.4 Å². The zero-order valence-electron chi connectivity index (χ0n) is 11.1. The molecule has 0 N–H and O–H groups in total. The summed E-state index contributed by atoms with van der Waals surface area (Å²) in [6, 6.07) is 12.6. The predicted molar refractivity (Wildman–Crippen MR) is 80.3 cm³/mol. The third-order valence-corrected chi connectivity index (χ3v) is 4.31. The number of halogens is 1. The first-order chi connectivity index (χ1) is 9.71. The van der Waals surface area contributed by atoms with E-state index in [1.807, 2.05) is 24.3 Å². The average molecular weight is 288 g/mol. The number of hydrogen-bond donors (Lipinski definition) is 0. The second-order valence-corrected chi connectivity index (χ2v) is 5.45. The highest BCUT2D eigenvalue weighted by Crippen LogP contribution is 2.37. The monoisotopic (exact) mass is 288 g/mol. The number of benzene rings is 2. The van der Waals surface area contributed by atoms with Gasteiger partial charge in [0.05, 0.1) is 14.2 Å². The maximum atomic E-state index is 13.2. The molecular formula is C16H13FO2S. The van der Waals surface area contributed by atoms with Gasteiger partial charge in [-0.2, -0.15) is 0 Å². The Bertz CT molecular complexity index is 764. The topological polar surface area (TPSA) is 18.5 Å². The van der Waals surface area contributed by atoms with E-state index >= 15 is 0 Å². The Morgan fingerprint density at radius 1 is 0.900 bits per heavy atom. The minimum absolute atomic E-state index is 0.214. The summed E-state index contributed by atoms with van der Waals surface area (Å²) in [5, 5.41) is 0.916. The highest BCUT2D eigenvalue weighted by Gasteiger charge is 2.09. The zero-order valence-corrected chi connectivity index (χ0v) is 12.0. The summed E-state index contributed by atoms with van der Waals surface area (Å²) < 4.78 is 24.8. The minimum Gasteiger partial charge on any atom is -0.493 e. The van der Waals surface area contributed by atoms with E-state index < -0.39 is 0 Å². The van der Waals surface area contributed by atoms with Crippen molar-refractivity contribution in [3.8, 4) is 21.9 Å². The molecule has 0 atom stereocenters. The van der Waals surface area contributed by atoms with E-state index in [0.29, 0.717) is 11.5 Å². The van der Waals surface area contributed by atoms with Crippen molar-refractivity contribution in [2.24, 2.45) is 0 Å². The average Bonchev–Trinajstić information content (AvgIpc) is 2.89. The van der Waals surface area contributed by atoms with Gasteiger partial charge >= 0.3 is 0 Å². The zero-order chi connectivity index (χ0) is 14.1. The van der Waals surface area contributed by atoms with Gasteiger partial charge in [-0.05, 0) is 53.4 Å². The van der Waals surface area contributed by atoms with Gasteiger partial charge in [-0.15, -0.1) is 11.3 Å². The number of ether oxygens (including phenoxy) is 2. The first-order valence-electron chi connectivity index (χ1n) is 6.13. The molecule has 0 amide bonds. The van der Waals surface area contributed by atoms with Crippen LogP contribution in [0.5, 0.6) is 11.5 Å².